The van der Waals surface area contributed by atoms with Crippen LogP contribution in [0.2, 0.25) is 5.02 Å². The zero-order valence-corrected chi connectivity index (χ0v) is 15.5. The van der Waals surface area contributed by atoms with Crippen LogP contribution >= 0.6 is 11.6 Å². The van der Waals surface area contributed by atoms with E-state index in [2.05, 4.69) is 35.6 Å². The predicted molar refractivity (Wildman–Crippen MR) is 104 cm³/mol. The zero-order valence-electron chi connectivity index (χ0n) is 14.8. The summed E-state index contributed by atoms with van der Waals surface area (Å²) in [6, 6.07) is 16.3. The Hall–Kier alpha value is -3.99. The first-order chi connectivity index (χ1) is 14.1. The molecule has 29 heavy (non-hydrogen) atoms. The molecule has 11 nitrogen and oxygen atoms in total. The van der Waals surface area contributed by atoms with Crippen LogP contribution in [0.15, 0.2) is 74.2 Å². The number of hydrogen-bond acceptors (Lipinski definition) is 10. The standard InChI is InChI=1S/C17H14ClN9O2/c18-12-8-6-11(7-9-12)13(10-4-2-1-3-5-10)27(17-15(20)23-29-25-17)26-21-16-14(19)22-28-24-16/h1-9,13H,(H2,19,22)(H2,20,23)/t13-/m1/s1. The number of hydrogen-bond donors (Lipinski definition) is 2. The Morgan fingerprint density at radius 1 is 0.828 bits per heavy atom. The lowest BCUT2D eigenvalue weighted by Gasteiger charge is -2.26. The SMILES string of the molecule is Nc1nonc1N=NN(c1nonc1N)[C@H](c1ccccc1)c1ccc(Cl)cc1. The highest BCUT2D eigenvalue weighted by atomic mass is 35.5. The minimum Gasteiger partial charge on any atom is -0.378 e. The van der Waals surface area contributed by atoms with E-state index in [4.69, 9.17) is 27.7 Å². The minimum absolute atomic E-state index is 0.00735. The van der Waals surface area contributed by atoms with Crippen molar-refractivity contribution < 1.29 is 9.26 Å². The van der Waals surface area contributed by atoms with Gasteiger partial charge < -0.3 is 11.5 Å². The van der Waals surface area contributed by atoms with Gasteiger partial charge >= 0.3 is 0 Å². The average Bonchev–Trinajstić information content (AvgIpc) is 3.35. The van der Waals surface area contributed by atoms with Crippen LogP contribution < -0.4 is 16.5 Å². The lowest BCUT2D eigenvalue weighted by molar-refractivity contribution is 0.308. The predicted octanol–water partition coefficient (Wildman–Crippen LogP) is 3.57. The first-order valence-corrected chi connectivity index (χ1v) is 8.68. The molecule has 2 heterocycles. The molecule has 0 radical (unpaired) electrons. The number of nitrogen functional groups attached to an aromatic ring is 2. The topological polar surface area (TPSA) is 158 Å². The van der Waals surface area contributed by atoms with E-state index in [-0.39, 0.29) is 23.3 Å². The molecule has 0 unspecified atom stereocenters. The van der Waals surface area contributed by atoms with E-state index in [1.165, 1.54) is 5.01 Å². The van der Waals surface area contributed by atoms with Crippen LogP contribution in [0.5, 0.6) is 0 Å². The summed E-state index contributed by atoms with van der Waals surface area (Å²) in [6.45, 7) is 0. The van der Waals surface area contributed by atoms with Crippen molar-refractivity contribution in [1.29, 1.82) is 0 Å². The molecule has 0 bridgehead atoms. The summed E-state index contributed by atoms with van der Waals surface area (Å²) in [6.07, 6.45) is 0. The minimum atomic E-state index is -0.493. The molecule has 0 saturated heterocycles. The maximum atomic E-state index is 6.06. The van der Waals surface area contributed by atoms with Crippen molar-refractivity contribution in [3.8, 4) is 0 Å². The Kier molecular flexibility index (Phi) is 5.03. The van der Waals surface area contributed by atoms with Crippen molar-refractivity contribution in [2.24, 2.45) is 10.3 Å². The highest BCUT2D eigenvalue weighted by molar-refractivity contribution is 6.30. The van der Waals surface area contributed by atoms with Crippen LogP contribution in [0.4, 0.5) is 23.3 Å². The van der Waals surface area contributed by atoms with Gasteiger partial charge in [-0.1, -0.05) is 59.3 Å². The summed E-state index contributed by atoms with van der Waals surface area (Å²) < 4.78 is 9.32. The van der Waals surface area contributed by atoms with E-state index < -0.39 is 6.04 Å². The van der Waals surface area contributed by atoms with Crippen LogP contribution in [-0.2, 0) is 0 Å². The van der Waals surface area contributed by atoms with Crippen LogP contribution in [-0.4, -0.2) is 20.6 Å². The largest absolute Gasteiger partial charge is 0.378 e. The summed E-state index contributed by atoms with van der Waals surface area (Å²) in [5, 5.41) is 24.9. The normalized spacial score (nSPS) is 12.3. The average molecular weight is 412 g/mol. The molecule has 0 saturated carbocycles. The number of halogens is 1. The number of aromatic nitrogens is 4. The van der Waals surface area contributed by atoms with E-state index in [9.17, 15) is 0 Å². The molecule has 0 amide bonds. The van der Waals surface area contributed by atoms with Crippen LogP contribution in [0.25, 0.3) is 0 Å². The van der Waals surface area contributed by atoms with Crippen LogP contribution in [0.1, 0.15) is 17.2 Å². The fraction of sp³-hybridized carbons (Fsp3) is 0.0588. The maximum absolute atomic E-state index is 6.06. The van der Waals surface area contributed by atoms with Crippen molar-refractivity contribution in [3.05, 3.63) is 70.7 Å². The van der Waals surface area contributed by atoms with E-state index >= 15 is 0 Å². The Labute approximate surface area is 168 Å². The third-order valence-corrected chi connectivity index (χ3v) is 4.24. The van der Waals surface area contributed by atoms with E-state index in [0.29, 0.717) is 5.02 Å². The molecule has 0 aliphatic rings. The van der Waals surface area contributed by atoms with Crippen molar-refractivity contribution in [2.75, 3.05) is 16.5 Å². The smallest absolute Gasteiger partial charge is 0.263 e. The number of rotatable bonds is 6. The fourth-order valence-corrected chi connectivity index (χ4v) is 2.80. The summed E-state index contributed by atoms with van der Waals surface area (Å²) in [4.78, 5) is 0. The Bertz CT molecular complexity index is 1110. The van der Waals surface area contributed by atoms with E-state index in [0.717, 1.165) is 11.1 Å². The second-order valence-corrected chi connectivity index (χ2v) is 6.28. The summed E-state index contributed by atoms with van der Waals surface area (Å²) in [5.74, 6) is 0.188. The zero-order chi connectivity index (χ0) is 20.2. The molecule has 4 rings (SSSR count). The van der Waals surface area contributed by atoms with Gasteiger partial charge in [0.15, 0.2) is 0 Å². The van der Waals surface area contributed by atoms with Crippen LogP contribution in [0, 0.1) is 0 Å². The second kappa shape index (κ2) is 7.94. The Morgan fingerprint density at radius 3 is 2.10 bits per heavy atom. The summed E-state index contributed by atoms with van der Waals surface area (Å²) in [7, 11) is 0. The number of anilines is 3. The van der Waals surface area contributed by atoms with Gasteiger partial charge in [0, 0.05) is 5.02 Å². The van der Waals surface area contributed by atoms with Gasteiger partial charge in [-0.25, -0.2) is 14.3 Å². The molecular formula is C17H14ClN9O2. The second-order valence-electron chi connectivity index (χ2n) is 5.84. The van der Waals surface area contributed by atoms with Gasteiger partial charge in [-0.05, 0) is 43.9 Å². The molecule has 4 aromatic rings. The first kappa shape index (κ1) is 18.4. The van der Waals surface area contributed by atoms with Gasteiger partial charge in [0.25, 0.3) is 5.82 Å². The van der Waals surface area contributed by atoms with Gasteiger partial charge in [-0.3, -0.25) is 0 Å². The van der Waals surface area contributed by atoms with Crippen molar-refractivity contribution in [1.82, 2.24) is 20.6 Å². The summed E-state index contributed by atoms with van der Waals surface area (Å²) >= 11 is 6.06. The quantitative estimate of drug-likeness (QED) is 0.357. The number of benzene rings is 2. The molecule has 12 heteroatoms. The third kappa shape index (κ3) is 3.84. The van der Waals surface area contributed by atoms with Crippen molar-refractivity contribution in [3.63, 3.8) is 0 Å². The van der Waals surface area contributed by atoms with Crippen molar-refractivity contribution >= 4 is 34.9 Å². The van der Waals surface area contributed by atoms with Gasteiger partial charge in [-0.2, -0.15) is 0 Å². The molecule has 146 valence electrons. The molecule has 2 aromatic heterocycles. The molecule has 0 aliphatic heterocycles. The molecule has 0 spiro atoms. The van der Waals surface area contributed by atoms with Gasteiger partial charge in [0.05, 0.1) is 0 Å². The lowest BCUT2D eigenvalue weighted by Crippen LogP contribution is -2.25. The Morgan fingerprint density at radius 2 is 1.48 bits per heavy atom. The van der Waals surface area contributed by atoms with Gasteiger partial charge in [0.1, 0.15) is 6.04 Å². The van der Waals surface area contributed by atoms with E-state index in [1.807, 2.05) is 42.5 Å². The molecule has 0 aliphatic carbocycles. The van der Waals surface area contributed by atoms with Crippen molar-refractivity contribution in [2.45, 2.75) is 6.04 Å². The Balaban J connectivity index is 1.86. The first-order valence-electron chi connectivity index (χ1n) is 8.31. The van der Waals surface area contributed by atoms with Crippen LogP contribution in [0.3, 0.4) is 0 Å². The third-order valence-electron chi connectivity index (χ3n) is 3.99. The molecule has 0 fully saturated rings. The highest BCUT2D eigenvalue weighted by Gasteiger charge is 2.28. The molecule has 2 aromatic carbocycles. The highest BCUT2D eigenvalue weighted by Crippen LogP contribution is 2.35. The fourth-order valence-electron chi connectivity index (χ4n) is 2.67. The van der Waals surface area contributed by atoms with E-state index in [1.54, 1.807) is 12.1 Å². The van der Waals surface area contributed by atoms with Gasteiger partial charge in [0.2, 0.25) is 17.5 Å². The number of nitrogens with zero attached hydrogens (tertiary/aromatic N) is 7. The molecule has 1 atom stereocenters. The molecule has 4 N–H and O–H groups in total. The maximum Gasteiger partial charge on any atom is 0.263 e. The summed E-state index contributed by atoms with van der Waals surface area (Å²) in [5.41, 5.74) is 13.3. The molecular weight excluding hydrogens is 398 g/mol. The lowest BCUT2D eigenvalue weighted by atomic mass is 9.98. The van der Waals surface area contributed by atoms with Gasteiger partial charge in [-0.15, -0.1) is 5.11 Å². The number of nitrogens with two attached hydrogens (primary N) is 2. The monoisotopic (exact) mass is 411 g/mol.